The summed E-state index contributed by atoms with van der Waals surface area (Å²) in [6, 6.07) is 3.86. The zero-order valence-corrected chi connectivity index (χ0v) is 9.47. The zero-order chi connectivity index (χ0) is 12.4. The number of aromatic nitrogens is 1. The summed E-state index contributed by atoms with van der Waals surface area (Å²) in [6.45, 7) is 5.42. The molecule has 0 spiro atoms. The minimum Gasteiger partial charge on any atom is -0.502 e. The van der Waals surface area contributed by atoms with Crippen molar-refractivity contribution in [3.63, 3.8) is 0 Å². The van der Waals surface area contributed by atoms with Crippen molar-refractivity contribution in [2.45, 2.75) is 13.3 Å². The van der Waals surface area contributed by atoms with Crippen molar-refractivity contribution in [3.05, 3.63) is 40.4 Å². The standard InChI is InChI=1S/C13H13NO3/c1-8-3-4-10(14-7-8)5-6-11-13(16)12(15)9(2)17-11/h3-4,6-7,15-16H,2,5H2,1H3/b11-6+. The van der Waals surface area contributed by atoms with E-state index in [2.05, 4.69) is 11.6 Å². The number of rotatable bonds is 2. The van der Waals surface area contributed by atoms with Crippen LogP contribution in [-0.4, -0.2) is 15.2 Å². The molecule has 0 aliphatic heterocycles. The molecule has 0 saturated carbocycles. The average molecular weight is 231 g/mol. The Morgan fingerprint density at radius 1 is 1.35 bits per heavy atom. The Hall–Kier alpha value is -2.23. The van der Waals surface area contributed by atoms with Crippen LogP contribution in [-0.2, 0) is 6.42 Å². The molecule has 2 aromatic heterocycles. The fourth-order valence-corrected chi connectivity index (χ4v) is 1.43. The van der Waals surface area contributed by atoms with E-state index in [-0.39, 0.29) is 22.3 Å². The van der Waals surface area contributed by atoms with E-state index in [0.717, 1.165) is 11.3 Å². The highest BCUT2D eigenvalue weighted by atomic mass is 16.4. The molecule has 2 rings (SSSR count). The smallest absolute Gasteiger partial charge is 0.204 e. The maximum Gasteiger partial charge on any atom is 0.204 e. The predicted octanol–water partition coefficient (Wildman–Crippen LogP) is 0.828. The van der Waals surface area contributed by atoms with E-state index < -0.39 is 0 Å². The van der Waals surface area contributed by atoms with Gasteiger partial charge in [0.05, 0.1) is 0 Å². The first-order valence-electron chi connectivity index (χ1n) is 5.19. The summed E-state index contributed by atoms with van der Waals surface area (Å²) < 4.78 is 5.10. The molecule has 2 N–H and O–H groups in total. The predicted molar refractivity (Wildman–Crippen MR) is 64.0 cm³/mol. The van der Waals surface area contributed by atoms with Gasteiger partial charge in [-0.2, -0.15) is 0 Å². The van der Waals surface area contributed by atoms with E-state index in [4.69, 9.17) is 4.42 Å². The van der Waals surface area contributed by atoms with Gasteiger partial charge in [0.25, 0.3) is 0 Å². The van der Waals surface area contributed by atoms with Crippen molar-refractivity contribution in [1.82, 2.24) is 4.98 Å². The van der Waals surface area contributed by atoms with Crippen LogP contribution in [0.4, 0.5) is 0 Å². The number of hydrogen-bond acceptors (Lipinski definition) is 4. The Morgan fingerprint density at radius 3 is 2.65 bits per heavy atom. The van der Waals surface area contributed by atoms with Crippen molar-refractivity contribution >= 4 is 12.7 Å². The van der Waals surface area contributed by atoms with Gasteiger partial charge in [-0.25, -0.2) is 0 Å². The molecular formula is C13H13NO3. The molecule has 0 bridgehead atoms. The van der Waals surface area contributed by atoms with Crippen molar-refractivity contribution in [2.75, 3.05) is 0 Å². The molecule has 0 atom stereocenters. The molecule has 0 aliphatic carbocycles. The summed E-state index contributed by atoms with van der Waals surface area (Å²) in [7, 11) is 0. The van der Waals surface area contributed by atoms with Crippen LogP contribution < -0.4 is 10.8 Å². The van der Waals surface area contributed by atoms with Crippen molar-refractivity contribution in [3.8, 4) is 11.5 Å². The molecule has 4 heteroatoms. The molecule has 0 aromatic carbocycles. The Bertz CT molecular complexity index is 626. The monoisotopic (exact) mass is 231 g/mol. The lowest BCUT2D eigenvalue weighted by molar-refractivity contribution is 0.403. The van der Waals surface area contributed by atoms with Crippen LogP contribution in [0.15, 0.2) is 22.7 Å². The second-order valence-electron chi connectivity index (χ2n) is 3.82. The van der Waals surface area contributed by atoms with Gasteiger partial charge in [-0.05, 0) is 24.6 Å². The Balaban J connectivity index is 2.29. The Morgan fingerprint density at radius 2 is 2.12 bits per heavy atom. The topological polar surface area (TPSA) is 66.5 Å². The van der Waals surface area contributed by atoms with Crippen LogP contribution in [0.3, 0.4) is 0 Å². The van der Waals surface area contributed by atoms with Crippen LogP contribution in [0.2, 0.25) is 0 Å². The van der Waals surface area contributed by atoms with Crippen molar-refractivity contribution < 1.29 is 14.6 Å². The highest BCUT2D eigenvalue weighted by molar-refractivity contribution is 5.41. The first kappa shape index (κ1) is 11.3. The van der Waals surface area contributed by atoms with Crippen LogP contribution >= 0.6 is 0 Å². The van der Waals surface area contributed by atoms with E-state index in [1.54, 1.807) is 12.3 Å². The van der Waals surface area contributed by atoms with E-state index in [1.165, 1.54) is 0 Å². The lowest BCUT2D eigenvalue weighted by Crippen LogP contribution is -1.99. The van der Waals surface area contributed by atoms with Gasteiger partial charge in [-0.15, -0.1) is 0 Å². The second-order valence-corrected chi connectivity index (χ2v) is 3.82. The summed E-state index contributed by atoms with van der Waals surface area (Å²) in [5, 5.41) is 18.8. The summed E-state index contributed by atoms with van der Waals surface area (Å²) in [5.41, 5.74) is 2.23. The maximum atomic E-state index is 9.51. The summed E-state index contributed by atoms with van der Waals surface area (Å²) in [6.07, 6.45) is 3.94. The lowest BCUT2D eigenvalue weighted by atomic mass is 10.2. The molecule has 0 aliphatic rings. The number of aromatic hydroxyl groups is 2. The average Bonchev–Trinajstić information content (AvgIpc) is 2.56. The molecule has 0 fully saturated rings. The van der Waals surface area contributed by atoms with Crippen LogP contribution in [0.5, 0.6) is 11.5 Å². The number of furan rings is 1. The molecule has 88 valence electrons. The third kappa shape index (κ3) is 2.30. The number of nitrogens with zero attached hydrogens (tertiary/aromatic N) is 1. The van der Waals surface area contributed by atoms with Gasteiger partial charge < -0.3 is 14.6 Å². The molecule has 2 aromatic rings. The molecule has 0 saturated heterocycles. The van der Waals surface area contributed by atoms with E-state index in [0.29, 0.717) is 6.42 Å². The van der Waals surface area contributed by atoms with Gasteiger partial charge in [-0.1, -0.05) is 12.6 Å². The van der Waals surface area contributed by atoms with Gasteiger partial charge in [0.15, 0.2) is 10.8 Å². The highest BCUT2D eigenvalue weighted by Gasteiger charge is 2.06. The first-order valence-corrected chi connectivity index (χ1v) is 5.19. The zero-order valence-electron chi connectivity index (χ0n) is 9.47. The minimum absolute atomic E-state index is 0.0608. The van der Waals surface area contributed by atoms with Gasteiger partial charge in [0, 0.05) is 18.3 Å². The molecule has 0 amide bonds. The molecule has 4 nitrogen and oxygen atoms in total. The van der Waals surface area contributed by atoms with Crippen molar-refractivity contribution in [2.24, 2.45) is 0 Å². The second kappa shape index (κ2) is 4.33. The fourth-order valence-electron chi connectivity index (χ4n) is 1.43. The summed E-state index contributed by atoms with van der Waals surface area (Å²) in [5.74, 6) is -0.588. The van der Waals surface area contributed by atoms with Gasteiger partial charge in [-0.3, -0.25) is 4.98 Å². The first-order chi connectivity index (χ1) is 8.08. The van der Waals surface area contributed by atoms with Crippen molar-refractivity contribution in [1.29, 1.82) is 0 Å². The number of hydrogen-bond donors (Lipinski definition) is 2. The maximum absolute atomic E-state index is 9.51. The summed E-state index contributed by atoms with van der Waals surface area (Å²) in [4.78, 5) is 4.22. The third-order valence-electron chi connectivity index (χ3n) is 2.42. The quantitative estimate of drug-likeness (QED) is 0.803. The molecule has 17 heavy (non-hydrogen) atoms. The van der Waals surface area contributed by atoms with Crippen LogP contribution in [0.1, 0.15) is 11.3 Å². The molecule has 0 radical (unpaired) electrons. The van der Waals surface area contributed by atoms with Gasteiger partial charge in [0.2, 0.25) is 11.5 Å². The lowest BCUT2D eigenvalue weighted by Gasteiger charge is -1.95. The van der Waals surface area contributed by atoms with Crippen LogP contribution in [0, 0.1) is 6.92 Å². The third-order valence-corrected chi connectivity index (χ3v) is 2.42. The van der Waals surface area contributed by atoms with E-state index in [9.17, 15) is 10.2 Å². The summed E-state index contributed by atoms with van der Waals surface area (Å²) >= 11 is 0. The number of pyridine rings is 1. The van der Waals surface area contributed by atoms with Gasteiger partial charge >= 0.3 is 0 Å². The number of aryl methyl sites for hydroxylation is 1. The highest BCUT2D eigenvalue weighted by Crippen LogP contribution is 2.13. The normalized spacial score (nSPS) is 11.9. The molecular weight excluding hydrogens is 218 g/mol. The molecule has 2 heterocycles. The largest absolute Gasteiger partial charge is 0.502 e. The minimum atomic E-state index is -0.312. The molecule has 0 unspecified atom stereocenters. The van der Waals surface area contributed by atoms with E-state index in [1.807, 2.05) is 19.1 Å². The van der Waals surface area contributed by atoms with Crippen LogP contribution in [0.25, 0.3) is 12.7 Å². The van der Waals surface area contributed by atoms with Gasteiger partial charge in [0.1, 0.15) is 0 Å². The van der Waals surface area contributed by atoms with E-state index >= 15 is 0 Å². The SMILES string of the molecule is C=c1o/c(=C/Cc2ccc(C)cn2)c(O)c1O. The Kier molecular flexibility index (Phi) is 2.87. The Labute approximate surface area is 98.2 Å². The fraction of sp³-hybridized carbons (Fsp3) is 0.154.